The zero-order valence-electron chi connectivity index (χ0n) is 26.1. The van der Waals surface area contributed by atoms with E-state index in [1.165, 1.54) is 22.7 Å². The maximum absolute atomic E-state index is 14.0. The maximum Gasteiger partial charge on any atom is 0.416 e. The molecule has 0 saturated carbocycles. The third kappa shape index (κ3) is 7.10. The van der Waals surface area contributed by atoms with Gasteiger partial charge < -0.3 is 19.5 Å². The molecule has 46 heavy (non-hydrogen) atoms. The lowest BCUT2D eigenvalue weighted by Crippen LogP contribution is -2.45. The fourth-order valence-electron chi connectivity index (χ4n) is 6.89. The highest BCUT2D eigenvalue weighted by Gasteiger charge is 2.35. The normalized spacial score (nSPS) is 18.8. The van der Waals surface area contributed by atoms with E-state index >= 15 is 0 Å². The molecule has 1 aromatic carbocycles. The van der Waals surface area contributed by atoms with E-state index in [0.717, 1.165) is 75.4 Å². The lowest BCUT2D eigenvalue weighted by Gasteiger charge is -2.36. The second-order valence-electron chi connectivity index (χ2n) is 12.5. The van der Waals surface area contributed by atoms with Crippen molar-refractivity contribution in [2.45, 2.75) is 77.3 Å². The van der Waals surface area contributed by atoms with Gasteiger partial charge in [0, 0.05) is 81.5 Å². The number of hydrogen-bond acceptors (Lipinski definition) is 8. The Bertz CT molecular complexity index is 1680. The first kappa shape index (κ1) is 32.5. The van der Waals surface area contributed by atoms with Crippen LogP contribution < -0.4 is 5.32 Å². The molecule has 5 heterocycles. The van der Waals surface area contributed by atoms with Crippen LogP contribution in [0.4, 0.5) is 19.2 Å². The lowest BCUT2D eigenvalue weighted by molar-refractivity contribution is -0.138. The summed E-state index contributed by atoms with van der Waals surface area (Å²) in [6, 6.07) is 4.37. The number of anilines is 1. The number of fused-ring (bicyclic) bond motifs is 1. The van der Waals surface area contributed by atoms with Crippen molar-refractivity contribution in [1.29, 1.82) is 0 Å². The fraction of sp³-hybridized carbons (Fsp3) is 0.581. The predicted molar refractivity (Wildman–Crippen MR) is 165 cm³/mol. The molecule has 6 rings (SSSR count). The molecule has 3 aliphatic rings. The number of amides is 1. The van der Waals surface area contributed by atoms with Gasteiger partial charge in [-0.1, -0.05) is 6.07 Å². The number of aryl methyl sites for hydroxylation is 2. The Hall–Kier alpha value is -3.43. The first-order chi connectivity index (χ1) is 21.9. The Balaban J connectivity index is 1.21. The molecule has 0 aliphatic carbocycles. The molecular formula is C31H40F3N7O4S. The number of piperidine rings is 1. The number of nitrogens with one attached hydrogen (secondary N) is 1. The van der Waals surface area contributed by atoms with Crippen molar-refractivity contribution in [3.63, 3.8) is 0 Å². The molecule has 0 atom stereocenters. The summed E-state index contributed by atoms with van der Waals surface area (Å²) < 4.78 is 75.5. The second kappa shape index (κ2) is 13.0. The Morgan fingerprint density at radius 3 is 2.52 bits per heavy atom. The van der Waals surface area contributed by atoms with E-state index < -0.39 is 21.8 Å². The van der Waals surface area contributed by atoms with Gasteiger partial charge in [0.15, 0.2) is 0 Å². The van der Waals surface area contributed by atoms with Crippen molar-refractivity contribution in [3.05, 3.63) is 52.5 Å². The molecule has 0 spiro atoms. The monoisotopic (exact) mass is 663 g/mol. The number of carbonyl (C=O) groups excluding carboxylic acids is 1. The van der Waals surface area contributed by atoms with Crippen molar-refractivity contribution in [2.24, 2.45) is 0 Å². The van der Waals surface area contributed by atoms with Crippen molar-refractivity contribution < 1.29 is 30.8 Å². The standard InChI is InChI=1S/C31H40F3N7O4S/c1-21-20-45-30(36-21)35-18-23-17-22(6-7-26(23)31(32,33)34)29-25-19-39(46(2,43)44)16-10-27(25)41(37-29)13-4-11-38-14-8-24(9-15-38)40-12-3-5-28(40)42/h6-7,17,20,24H,3-5,8-16,18-19H2,1-2H3,(H,35,36). The average Bonchev–Trinajstić information content (AvgIpc) is 3.73. The second-order valence-corrected chi connectivity index (χ2v) is 14.5. The smallest absolute Gasteiger partial charge is 0.416 e. The summed E-state index contributed by atoms with van der Waals surface area (Å²) >= 11 is 0. The summed E-state index contributed by atoms with van der Waals surface area (Å²) in [5.41, 5.74) is 2.42. The van der Waals surface area contributed by atoms with Crippen LogP contribution in [0.5, 0.6) is 0 Å². The van der Waals surface area contributed by atoms with Gasteiger partial charge in [-0.05, 0) is 56.8 Å². The summed E-state index contributed by atoms with van der Waals surface area (Å²) in [6.07, 6.45) is 2.81. The molecule has 0 bridgehead atoms. The van der Waals surface area contributed by atoms with Crippen LogP contribution in [0.15, 0.2) is 28.9 Å². The minimum absolute atomic E-state index is 0.000959. The first-order valence-corrected chi connectivity index (χ1v) is 17.6. The van der Waals surface area contributed by atoms with E-state index in [4.69, 9.17) is 9.52 Å². The van der Waals surface area contributed by atoms with Gasteiger partial charge in [-0.2, -0.15) is 27.6 Å². The van der Waals surface area contributed by atoms with Crippen LogP contribution in [0.1, 0.15) is 60.2 Å². The number of sulfonamides is 1. The zero-order valence-corrected chi connectivity index (χ0v) is 27.0. The lowest BCUT2D eigenvalue weighted by atomic mass is 9.97. The average molecular weight is 664 g/mol. The van der Waals surface area contributed by atoms with Crippen LogP contribution in [0.3, 0.4) is 0 Å². The quantitative estimate of drug-likeness (QED) is 0.342. The van der Waals surface area contributed by atoms with Crippen molar-refractivity contribution in [2.75, 3.05) is 44.3 Å². The Morgan fingerprint density at radius 2 is 1.87 bits per heavy atom. The van der Waals surface area contributed by atoms with E-state index in [2.05, 4.69) is 15.2 Å². The number of aromatic nitrogens is 3. The Labute approximate surface area is 266 Å². The van der Waals surface area contributed by atoms with Gasteiger partial charge in [-0.15, -0.1) is 0 Å². The van der Waals surface area contributed by atoms with Gasteiger partial charge >= 0.3 is 6.18 Å². The van der Waals surface area contributed by atoms with Crippen LogP contribution in [0.2, 0.25) is 0 Å². The molecule has 250 valence electrons. The van der Waals surface area contributed by atoms with Gasteiger partial charge in [-0.25, -0.2) is 8.42 Å². The summed E-state index contributed by atoms with van der Waals surface area (Å²) in [5, 5.41) is 7.72. The number of rotatable bonds is 10. The predicted octanol–water partition coefficient (Wildman–Crippen LogP) is 4.27. The van der Waals surface area contributed by atoms with E-state index in [1.807, 2.05) is 9.58 Å². The topological polar surface area (TPSA) is 117 Å². The first-order valence-electron chi connectivity index (χ1n) is 15.8. The summed E-state index contributed by atoms with van der Waals surface area (Å²) in [6.45, 7) is 6.14. The molecule has 3 aromatic rings. The van der Waals surface area contributed by atoms with Crippen molar-refractivity contribution in [3.8, 4) is 11.3 Å². The molecule has 2 aromatic heterocycles. The van der Waals surface area contributed by atoms with Gasteiger partial charge in [0.25, 0.3) is 6.01 Å². The Kier molecular flexibility index (Phi) is 9.18. The highest BCUT2D eigenvalue weighted by atomic mass is 32.2. The molecule has 1 N–H and O–H groups in total. The number of oxazole rings is 1. The van der Waals surface area contributed by atoms with Gasteiger partial charge in [0.2, 0.25) is 15.9 Å². The van der Waals surface area contributed by atoms with Crippen LogP contribution in [0.25, 0.3) is 11.3 Å². The van der Waals surface area contributed by atoms with Crippen LogP contribution >= 0.6 is 0 Å². The Morgan fingerprint density at radius 1 is 1.09 bits per heavy atom. The molecule has 15 heteroatoms. The van der Waals surface area contributed by atoms with Gasteiger partial charge in [0.05, 0.1) is 23.2 Å². The molecule has 0 unspecified atom stereocenters. The maximum atomic E-state index is 14.0. The molecule has 3 aliphatic heterocycles. The van der Waals surface area contributed by atoms with Crippen LogP contribution in [-0.2, 0) is 47.0 Å². The zero-order chi connectivity index (χ0) is 32.6. The molecule has 2 fully saturated rings. The molecule has 1 amide bonds. The minimum atomic E-state index is -4.58. The number of carbonyl (C=O) groups is 1. The number of hydrogen-bond donors (Lipinski definition) is 1. The molecule has 11 nitrogen and oxygen atoms in total. The summed E-state index contributed by atoms with van der Waals surface area (Å²) in [7, 11) is -3.49. The van der Waals surface area contributed by atoms with Gasteiger partial charge in [0.1, 0.15) is 6.26 Å². The van der Waals surface area contributed by atoms with E-state index in [1.54, 1.807) is 6.92 Å². The number of likely N-dealkylation sites (tertiary alicyclic amines) is 2. The molecular weight excluding hydrogens is 623 g/mol. The van der Waals surface area contributed by atoms with Gasteiger partial charge in [-0.3, -0.25) is 9.48 Å². The van der Waals surface area contributed by atoms with Crippen molar-refractivity contribution in [1.82, 2.24) is 28.9 Å². The van der Waals surface area contributed by atoms with Crippen molar-refractivity contribution >= 4 is 21.9 Å². The number of benzene rings is 1. The highest BCUT2D eigenvalue weighted by Crippen LogP contribution is 2.37. The largest absolute Gasteiger partial charge is 0.432 e. The third-order valence-electron chi connectivity index (χ3n) is 9.25. The number of halogens is 3. The highest BCUT2D eigenvalue weighted by molar-refractivity contribution is 7.88. The minimum Gasteiger partial charge on any atom is -0.432 e. The summed E-state index contributed by atoms with van der Waals surface area (Å²) in [4.78, 5) is 20.7. The van der Waals surface area contributed by atoms with Crippen LogP contribution in [0, 0.1) is 6.92 Å². The molecule has 2 saturated heterocycles. The van der Waals surface area contributed by atoms with Crippen LogP contribution in [-0.4, -0.2) is 88.2 Å². The SMILES string of the molecule is Cc1coc(NCc2cc(-c3nn(CCCN4CCC(N5CCCC5=O)CC4)c4c3CN(S(C)(=O)=O)CC4)ccc2C(F)(F)F)n1. The molecule has 0 radical (unpaired) electrons. The number of alkyl halides is 3. The third-order valence-corrected chi connectivity index (χ3v) is 10.5. The number of nitrogens with zero attached hydrogens (tertiary/aromatic N) is 6. The van der Waals surface area contributed by atoms with E-state index in [0.29, 0.717) is 48.9 Å². The fourth-order valence-corrected chi connectivity index (χ4v) is 7.68. The van der Waals surface area contributed by atoms with E-state index in [-0.39, 0.29) is 30.6 Å². The van der Waals surface area contributed by atoms with E-state index in [9.17, 15) is 26.4 Å². The summed E-state index contributed by atoms with van der Waals surface area (Å²) in [5.74, 6) is 0.271.